The van der Waals surface area contributed by atoms with Gasteiger partial charge in [0, 0.05) is 19.3 Å². The predicted octanol–water partition coefficient (Wildman–Crippen LogP) is 2.41. The molecule has 0 aliphatic carbocycles. The maximum Gasteiger partial charge on any atom is 0.289 e. The molecular weight excluding hydrogens is 358 g/mol. The number of piperidine rings is 1. The van der Waals surface area contributed by atoms with E-state index >= 15 is 0 Å². The fourth-order valence-electron chi connectivity index (χ4n) is 3.98. The number of amides is 2. The van der Waals surface area contributed by atoms with E-state index in [-0.39, 0.29) is 11.8 Å². The molecule has 4 heterocycles. The molecule has 148 valence electrons. The number of likely N-dealkylation sites (tertiary alicyclic amines) is 1. The molecule has 2 fully saturated rings. The first-order valence-corrected chi connectivity index (χ1v) is 9.71. The lowest BCUT2D eigenvalue weighted by molar-refractivity contribution is -0.132. The number of nitrogens with zero attached hydrogens (tertiary/aromatic N) is 3. The van der Waals surface area contributed by atoms with Gasteiger partial charge < -0.3 is 19.0 Å². The fourth-order valence-corrected chi connectivity index (χ4v) is 3.98. The molecule has 0 unspecified atom stereocenters. The molecule has 0 aromatic carbocycles. The average molecular weight is 383 g/mol. The Morgan fingerprint density at radius 3 is 2.79 bits per heavy atom. The third kappa shape index (κ3) is 3.80. The molecule has 0 saturated carbocycles. The van der Waals surface area contributed by atoms with Crippen LogP contribution >= 0.6 is 0 Å². The molecule has 28 heavy (non-hydrogen) atoms. The summed E-state index contributed by atoms with van der Waals surface area (Å²) in [5.74, 6) is 0.363. The van der Waals surface area contributed by atoms with Crippen molar-refractivity contribution in [2.75, 3.05) is 26.2 Å². The largest absolute Gasteiger partial charge is 0.459 e. The van der Waals surface area contributed by atoms with Crippen molar-refractivity contribution in [1.29, 1.82) is 0 Å². The van der Waals surface area contributed by atoms with E-state index in [0.29, 0.717) is 57.8 Å². The van der Waals surface area contributed by atoms with Gasteiger partial charge >= 0.3 is 0 Å². The highest BCUT2D eigenvalue weighted by atomic mass is 16.5. The van der Waals surface area contributed by atoms with E-state index in [1.165, 1.54) is 6.26 Å². The second-order valence-corrected chi connectivity index (χ2v) is 7.57. The van der Waals surface area contributed by atoms with Gasteiger partial charge in [-0.25, -0.2) is 0 Å². The molecular formula is C21H25N3O4. The summed E-state index contributed by atoms with van der Waals surface area (Å²) in [6, 6.07) is 7.32. The smallest absolute Gasteiger partial charge is 0.289 e. The van der Waals surface area contributed by atoms with Crippen molar-refractivity contribution >= 4 is 11.8 Å². The molecule has 2 aromatic rings. The SMILES string of the molecule is Cc1cccnc1CN1CC2(CCN(C(=O)c3ccco3)CC2)OCCC1=O. The van der Waals surface area contributed by atoms with Crippen molar-refractivity contribution in [2.45, 2.75) is 38.3 Å². The number of pyridine rings is 1. The van der Waals surface area contributed by atoms with Gasteiger partial charge in [-0.2, -0.15) is 0 Å². The summed E-state index contributed by atoms with van der Waals surface area (Å²) >= 11 is 0. The Morgan fingerprint density at radius 1 is 1.25 bits per heavy atom. The van der Waals surface area contributed by atoms with E-state index in [2.05, 4.69) is 4.98 Å². The molecule has 0 bridgehead atoms. The van der Waals surface area contributed by atoms with E-state index < -0.39 is 5.60 Å². The van der Waals surface area contributed by atoms with Crippen molar-refractivity contribution in [3.05, 3.63) is 53.7 Å². The third-order valence-corrected chi connectivity index (χ3v) is 5.71. The zero-order valence-corrected chi connectivity index (χ0v) is 16.1. The minimum absolute atomic E-state index is 0.0921. The monoisotopic (exact) mass is 383 g/mol. The van der Waals surface area contributed by atoms with Gasteiger partial charge in [0.2, 0.25) is 5.91 Å². The van der Waals surface area contributed by atoms with Crippen LogP contribution in [0.1, 0.15) is 41.1 Å². The molecule has 2 amide bonds. The average Bonchev–Trinajstić information content (AvgIpc) is 3.19. The summed E-state index contributed by atoms with van der Waals surface area (Å²) in [5, 5.41) is 0. The Labute approximate surface area is 164 Å². The number of ether oxygens (including phenoxy) is 1. The molecule has 2 aromatic heterocycles. The number of carbonyl (C=O) groups excluding carboxylic acids is 2. The molecule has 1 spiro atoms. The molecule has 7 heteroatoms. The van der Waals surface area contributed by atoms with Crippen LogP contribution in [0.4, 0.5) is 0 Å². The van der Waals surface area contributed by atoms with Crippen LogP contribution in [0, 0.1) is 6.92 Å². The van der Waals surface area contributed by atoms with Gasteiger partial charge in [-0.3, -0.25) is 14.6 Å². The van der Waals surface area contributed by atoms with Crippen LogP contribution in [0.3, 0.4) is 0 Å². The Hall–Kier alpha value is -2.67. The Bertz CT molecular complexity index is 841. The van der Waals surface area contributed by atoms with Gasteiger partial charge in [-0.15, -0.1) is 0 Å². The number of carbonyl (C=O) groups is 2. The second-order valence-electron chi connectivity index (χ2n) is 7.57. The first-order chi connectivity index (χ1) is 13.6. The lowest BCUT2D eigenvalue weighted by atomic mass is 9.90. The lowest BCUT2D eigenvalue weighted by Gasteiger charge is -2.42. The normalized spacial score (nSPS) is 19.7. The highest BCUT2D eigenvalue weighted by Gasteiger charge is 2.41. The van der Waals surface area contributed by atoms with Crippen molar-refractivity contribution in [3.8, 4) is 0 Å². The van der Waals surface area contributed by atoms with E-state index in [1.807, 2.05) is 24.0 Å². The Morgan fingerprint density at radius 2 is 2.07 bits per heavy atom. The summed E-state index contributed by atoms with van der Waals surface area (Å²) in [4.78, 5) is 33.2. The second kappa shape index (κ2) is 7.75. The van der Waals surface area contributed by atoms with Gasteiger partial charge in [0.1, 0.15) is 0 Å². The fraction of sp³-hybridized carbons (Fsp3) is 0.476. The highest BCUT2D eigenvalue weighted by Crippen LogP contribution is 2.31. The van der Waals surface area contributed by atoms with Crippen LogP contribution < -0.4 is 0 Å². The summed E-state index contributed by atoms with van der Waals surface area (Å²) in [5.41, 5.74) is 1.58. The van der Waals surface area contributed by atoms with Crippen LogP contribution in [0.15, 0.2) is 41.1 Å². The summed E-state index contributed by atoms with van der Waals surface area (Å²) in [6.45, 7) is 4.63. The first-order valence-electron chi connectivity index (χ1n) is 9.71. The predicted molar refractivity (Wildman–Crippen MR) is 102 cm³/mol. The molecule has 2 aliphatic heterocycles. The Kier molecular flexibility index (Phi) is 5.17. The van der Waals surface area contributed by atoms with Crippen molar-refractivity contribution in [3.63, 3.8) is 0 Å². The standard InChI is InChI=1S/C21H25N3O4/c1-16-4-2-9-22-17(16)14-24-15-21(28-13-6-19(24)25)7-10-23(11-8-21)20(26)18-5-3-12-27-18/h2-5,9,12H,6-8,10-11,13-15H2,1H3. The van der Waals surface area contributed by atoms with Gasteiger partial charge in [-0.05, 0) is 43.5 Å². The highest BCUT2D eigenvalue weighted by molar-refractivity contribution is 5.91. The van der Waals surface area contributed by atoms with E-state index in [1.54, 1.807) is 23.2 Å². The number of hydrogen-bond donors (Lipinski definition) is 0. The number of rotatable bonds is 3. The van der Waals surface area contributed by atoms with Crippen molar-refractivity contribution in [1.82, 2.24) is 14.8 Å². The quantitative estimate of drug-likeness (QED) is 0.814. The molecule has 2 aliphatic rings. The van der Waals surface area contributed by atoms with Crippen molar-refractivity contribution in [2.24, 2.45) is 0 Å². The summed E-state index contributed by atoms with van der Waals surface area (Å²) in [6.07, 6.45) is 5.04. The van der Waals surface area contributed by atoms with Crippen LogP contribution in [0.2, 0.25) is 0 Å². The van der Waals surface area contributed by atoms with Gasteiger partial charge in [0.05, 0.1) is 43.7 Å². The number of furan rings is 1. The lowest BCUT2D eigenvalue weighted by Crippen LogP contribution is -2.53. The van der Waals surface area contributed by atoms with Gasteiger partial charge in [-0.1, -0.05) is 6.07 Å². The molecule has 2 saturated heterocycles. The zero-order chi connectivity index (χ0) is 19.6. The third-order valence-electron chi connectivity index (χ3n) is 5.71. The minimum Gasteiger partial charge on any atom is -0.459 e. The summed E-state index contributed by atoms with van der Waals surface area (Å²) in [7, 11) is 0. The van der Waals surface area contributed by atoms with Crippen LogP contribution in [0.5, 0.6) is 0 Å². The van der Waals surface area contributed by atoms with E-state index in [0.717, 1.165) is 11.3 Å². The van der Waals surface area contributed by atoms with E-state index in [9.17, 15) is 9.59 Å². The topological polar surface area (TPSA) is 75.9 Å². The maximum atomic E-state index is 12.6. The molecule has 4 rings (SSSR count). The van der Waals surface area contributed by atoms with Crippen molar-refractivity contribution < 1.29 is 18.7 Å². The molecule has 7 nitrogen and oxygen atoms in total. The van der Waals surface area contributed by atoms with E-state index in [4.69, 9.17) is 9.15 Å². The number of aromatic nitrogens is 1. The Balaban J connectivity index is 1.45. The molecule has 0 atom stereocenters. The van der Waals surface area contributed by atoms with Gasteiger partial charge in [0.25, 0.3) is 5.91 Å². The molecule has 0 N–H and O–H groups in total. The van der Waals surface area contributed by atoms with Gasteiger partial charge in [0.15, 0.2) is 5.76 Å². The van der Waals surface area contributed by atoms with Crippen LogP contribution in [0.25, 0.3) is 0 Å². The zero-order valence-electron chi connectivity index (χ0n) is 16.1. The van der Waals surface area contributed by atoms with Crippen LogP contribution in [-0.2, 0) is 16.1 Å². The maximum absolute atomic E-state index is 12.6. The first kappa shape index (κ1) is 18.7. The molecule has 0 radical (unpaired) electrons. The minimum atomic E-state index is -0.408. The number of hydrogen-bond acceptors (Lipinski definition) is 5. The van der Waals surface area contributed by atoms with Crippen LogP contribution in [-0.4, -0.2) is 58.4 Å². The number of aryl methyl sites for hydroxylation is 1. The summed E-state index contributed by atoms with van der Waals surface area (Å²) < 4.78 is 11.4.